The number of alkyl halides is 3. The second kappa shape index (κ2) is 5.82. The minimum atomic E-state index is -4.49. The van der Waals surface area contributed by atoms with Gasteiger partial charge in [-0.15, -0.1) is 0 Å². The van der Waals surface area contributed by atoms with Gasteiger partial charge in [-0.25, -0.2) is 0 Å². The molecule has 2 nitrogen and oxygen atoms in total. The molecule has 1 N–H and O–H groups in total. The summed E-state index contributed by atoms with van der Waals surface area (Å²) in [5, 5.41) is 2.46. The van der Waals surface area contributed by atoms with Gasteiger partial charge in [-0.05, 0) is 31.0 Å². The smallest absolute Gasteiger partial charge is 0.386 e. The predicted octanol–water partition coefficient (Wildman–Crippen LogP) is 4.17. The van der Waals surface area contributed by atoms with Gasteiger partial charge in [0.15, 0.2) is 0 Å². The number of Topliss-reactive ketones (excluding diaryl/α,β-unsaturated/α-hetero) is 1. The molecule has 0 aliphatic carbocycles. The van der Waals surface area contributed by atoms with Crippen molar-refractivity contribution in [3.05, 3.63) is 28.3 Å². The van der Waals surface area contributed by atoms with Crippen LogP contribution in [0.4, 0.5) is 18.9 Å². The van der Waals surface area contributed by atoms with Crippen LogP contribution in [-0.4, -0.2) is 12.8 Å². The average Bonchev–Trinajstić information content (AvgIpc) is 2.26. The number of ketones is 1. The summed E-state index contributed by atoms with van der Waals surface area (Å²) in [6.45, 7) is 3.09. The zero-order chi connectivity index (χ0) is 14.8. The van der Waals surface area contributed by atoms with Crippen molar-refractivity contribution >= 4 is 23.1 Å². The van der Waals surface area contributed by atoms with Gasteiger partial charge in [0.2, 0.25) is 0 Å². The van der Waals surface area contributed by atoms with Gasteiger partial charge in [-0.2, -0.15) is 13.2 Å². The van der Waals surface area contributed by atoms with E-state index in [2.05, 4.69) is 5.32 Å². The normalized spacial score (nSPS) is 13.2. The van der Waals surface area contributed by atoms with E-state index >= 15 is 0 Å². The van der Waals surface area contributed by atoms with Crippen molar-refractivity contribution in [3.8, 4) is 0 Å². The first-order chi connectivity index (χ1) is 8.66. The first-order valence-electron chi connectivity index (χ1n) is 5.74. The molecule has 0 fully saturated rings. The number of carbonyl (C=O) groups is 1. The molecule has 0 aliphatic heterocycles. The lowest BCUT2D eigenvalue weighted by Crippen LogP contribution is -2.13. The summed E-state index contributed by atoms with van der Waals surface area (Å²) in [7, 11) is 1.38. The molecule has 106 valence electrons. The van der Waals surface area contributed by atoms with E-state index in [1.807, 2.05) is 0 Å². The van der Waals surface area contributed by atoms with Gasteiger partial charge < -0.3 is 5.32 Å². The molecule has 1 atom stereocenters. The number of hydrogen-bond acceptors (Lipinski definition) is 2. The van der Waals surface area contributed by atoms with E-state index in [1.165, 1.54) is 20.0 Å². The summed E-state index contributed by atoms with van der Waals surface area (Å²) in [5.74, 6) is -0.403. The Morgan fingerprint density at radius 2 is 2.00 bits per heavy atom. The first-order valence-corrected chi connectivity index (χ1v) is 6.12. The number of benzene rings is 1. The average molecular weight is 294 g/mol. The molecule has 0 bridgehead atoms. The van der Waals surface area contributed by atoms with Crippen LogP contribution >= 0.6 is 11.6 Å². The van der Waals surface area contributed by atoms with Crippen molar-refractivity contribution in [2.75, 3.05) is 12.4 Å². The lowest BCUT2D eigenvalue weighted by atomic mass is 9.96. The zero-order valence-corrected chi connectivity index (χ0v) is 11.6. The number of carbonyl (C=O) groups excluding carboxylic acids is 1. The molecule has 0 saturated carbocycles. The fourth-order valence-corrected chi connectivity index (χ4v) is 2.09. The minimum Gasteiger partial charge on any atom is -0.386 e. The van der Waals surface area contributed by atoms with Crippen molar-refractivity contribution in [1.29, 1.82) is 0 Å². The molecular weight excluding hydrogens is 279 g/mol. The largest absolute Gasteiger partial charge is 0.418 e. The van der Waals surface area contributed by atoms with Crippen molar-refractivity contribution < 1.29 is 18.0 Å². The fraction of sp³-hybridized carbons (Fsp3) is 0.462. The number of halogens is 4. The molecule has 0 aromatic heterocycles. The summed E-state index contributed by atoms with van der Waals surface area (Å²) in [4.78, 5) is 11.2. The van der Waals surface area contributed by atoms with E-state index in [4.69, 9.17) is 11.6 Å². The number of nitrogens with one attached hydrogen (secondary N) is 1. The molecule has 1 aromatic carbocycles. The topological polar surface area (TPSA) is 29.1 Å². The standard InChI is InChI=1S/C13H15ClF3NO/c1-7(8(2)19)4-9-5-10(13(15,16)17)12(18-3)11(14)6-9/h5-7,18H,4H2,1-3H3/t7-/m1/s1. The third-order valence-electron chi connectivity index (χ3n) is 2.94. The highest BCUT2D eigenvalue weighted by Crippen LogP contribution is 2.39. The Kier molecular flexibility index (Phi) is 4.85. The Labute approximate surface area is 114 Å². The van der Waals surface area contributed by atoms with Gasteiger partial charge in [0.05, 0.1) is 16.3 Å². The maximum atomic E-state index is 12.9. The minimum absolute atomic E-state index is 0.00285. The van der Waals surface area contributed by atoms with Crippen LogP contribution in [0.1, 0.15) is 25.0 Å². The predicted molar refractivity (Wildman–Crippen MR) is 69.5 cm³/mol. The molecule has 1 rings (SSSR count). The number of anilines is 1. The highest BCUT2D eigenvalue weighted by Gasteiger charge is 2.34. The highest BCUT2D eigenvalue weighted by atomic mass is 35.5. The van der Waals surface area contributed by atoms with Gasteiger partial charge in [0, 0.05) is 13.0 Å². The summed E-state index contributed by atoms with van der Waals surface area (Å²) in [6.07, 6.45) is -4.25. The van der Waals surface area contributed by atoms with E-state index in [9.17, 15) is 18.0 Å². The van der Waals surface area contributed by atoms with Crippen LogP contribution in [0.15, 0.2) is 12.1 Å². The molecule has 0 radical (unpaired) electrons. The van der Waals surface area contributed by atoms with Crippen molar-refractivity contribution in [2.45, 2.75) is 26.4 Å². The Morgan fingerprint density at radius 1 is 1.42 bits per heavy atom. The molecule has 0 saturated heterocycles. The van der Waals surface area contributed by atoms with Crippen LogP contribution in [0.3, 0.4) is 0 Å². The second-order valence-electron chi connectivity index (χ2n) is 4.46. The highest BCUT2D eigenvalue weighted by molar-refractivity contribution is 6.33. The molecular formula is C13H15ClF3NO. The van der Waals surface area contributed by atoms with E-state index in [-0.39, 0.29) is 28.8 Å². The molecule has 0 unspecified atom stereocenters. The molecule has 6 heteroatoms. The van der Waals surface area contributed by atoms with Gasteiger partial charge in [-0.3, -0.25) is 4.79 Å². The van der Waals surface area contributed by atoms with Crippen LogP contribution in [0.5, 0.6) is 0 Å². The molecule has 19 heavy (non-hydrogen) atoms. The third kappa shape index (κ3) is 3.86. The molecule has 0 amide bonds. The van der Waals surface area contributed by atoms with Crippen LogP contribution in [-0.2, 0) is 17.4 Å². The molecule has 1 aromatic rings. The quantitative estimate of drug-likeness (QED) is 0.903. The van der Waals surface area contributed by atoms with Crippen molar-refractivity contribution in [3.63, 3.8) is 0 Å². The van der Waals surface area contributed by atoms with Gasteiger partial charge in [-0.1, -0.05) is 18.5 Å². The lowest BCUT2D eigenvalue weighted by Gasteiger charge is -2.17. The molecule has 0 heterocycles. The lowest BCUT2D eigenvalue weighted by molar-refractivity contribution is -0.137. The molecule has 0 spiro atoms. The summed E-state index contributed by atoms with van der Waals surface area (Å²) >= 11 is 5.86. The third-order valence-corrected chi connectivity index (χ3v) is 3.24. The SMILES string of the molecule is CNc1c(Cl)cc(C[C@@H](C)C(C)=O)cc1C(F)(F)F. The summed E-state index contributed by atoms with van der Waals surface area (Å²) in [5.41, 5.74) is -0.555. The number of hydrogen-bond donors (Lipinski definition) is 1. The Morgan fingerprint density at radius 3 is 2.42 bits per heavy atom. The Hall–Kier alpha value is -1.23. The van der Waals surface area contributed by atoms with Crippen LogP contribution in [0, 0.1) is 5.92 Å². The van der Waals surface area contributed by atoms with E-state index < -0.39 is 11.7 Å². The molecule has 0 aliphatic rings. The monoisotopic (exact) mass is 293 g/mol. The Balaban J connectivity index is 3.24. The van der Waals surface area contributed by atoms with Crippen LogP contribution in [0.25, 0.3) is 0 Å². The van der Waals surface area contributed by atoms with Gasteiger partial charge >= 0.3 is 6.18 Å². The first kappa shape index (κ1) is 15.8. The second-order valence-corrected chi connectivity index (χ2v) is 4.87. The number of rotatable bonds is 4. The van der Waals surface area contributed by atoms with Crippen molar-refractivity contribution in [1.82, 2.24) is 0 Å². The van der Waals surface area contributed by atoms with Crippen LogP contribution < -0.4 is 5.32 Å². The fourth-order valence-electron chi connectivity index (χ4n) is 1.76. The van der Waals surface area contributed by atoms with E-state index in [0.717, 1.165) is 6.07 Å². The summed E-state index contributed by atoms with van der Waals surface area (Å²) < 4.78 is 38.8. The summed E-state index contributed by atoms with van der Waals surface area (Å²) in [6, 6.07) is 2.50. The van der Waals surface area contributed by atoms with Crippen LogP contribution in [0.2, 0.25) is 5.02 Å². The van der Waals surface area contributed by atoms with Gasteiger partial charge in [0.1, 0.15) is 5.78 Å². The zero-order valence-electron chi connectivity index (χ0n) is 10.9. The van der Waals surface area contributed by atoms with E-state index in [0.29, 0.717) is 5.56 Å². The Bertz CT molecular complexity index is 486. The van der Waals surface area contributed by atoms with E-state index in [1.54, 1.807) is 6.92 Å². The maximum absolute atomic E-state index is 12.9. The van der Waals surface area contributed by atoms with Gasteiger partial charge in [0.25, 0.3) is 0 Å². The maximum Gasteiger partial charge on any atom is 0.418 e. The van der Waals surface area contributed by atoms with Crippen molar-refractivity contribution in [2.24, 2.45) is 5.92 Å².